The van der Waals surface area contributed by atoms with Gasteiger partial charge in [0.1, 0.15) is 28.8 Å². The minimum Gasteiger partial charge on any atom is -0.459 e. The number of hydrogen-bond donors (Lipinski definition) is 0. The molecule has 0 saturated carbocycles. The lowest BCUT2D eigenvalue weighted by Crippen LogP contribution is -2.56. The molecule has 0 aromatic heterocycles. The molecule has 7 nitrogen and oxygen atoms in total. The van der Waals surface area contributed by atoms with Crippen LogP contribution in [0.15, 0.2) is 30.3 Å². The van der Waals surface area contributed by atoms with Crippen molar-refractivity contribution in [2.24, 2.45) is 0 Å². The smallest absolute Gasteiger partial charge is 0.338 e. The Labute approximate surface area is 165 Å². The number of ether oxygens (including phenoxy) is 5. The quantitative estimate of drug-likeness (QED) is 0.375. The van der Waals surface area contributed by atoms with Gasteiger partial charge in [-0.15, -0.1) is 0 Å². The Morgan fingerprint density at radius 3 is 2.46 bits per heavy atom. The molecular formula is C18H21IO7. The summed E-state index contributed by atoms with van der Waals surface area (Å²) in [6.45, 7) is 4.90. The molecule has 2 heterocycles. The molecule has 0 unspecified atom stereocenters. The van der Waals surface area contributed by atoms with Gasteiger partial charge in [0.15, 0.2) is 5.79 Å². The third-order valence-electron chi connectivity index (χ3n) is 4.08. The molecule has 0 spiro atoms. The van der Waals surface area contributed by atoms with Crippen LogP contribution >= 0.6 is 22.6 Å². The van der Waals surface area contributed by atoms with E-state index in [1.54, 1.807) is 24.3 Å². The predicted molar refractivity (Wildman–Crippen MR) is 98.8 cm³/mol. The predicted octanol–water partition coefficient (Wildman–Crippen LogP) is 2.46. The second-order valence-corrected chi connectivity index (χ2v) is 8.06. The maximum atomic E-state index is 12.2. The van der Waals surface area contributed by atoms with Crippen molar-refractivity contribution in [2.75, 3.05) is 6.61 Å². The van der Waals surface area contributed by atoms with Crippen LogP contribution in [0.5, 0.6) is 0 Å². The number of benzene rings is 1. The van der Waals surface area contributed by atoms with E-state index in [9.17, 15) is 9.59 Å². The summed E-state index contributed by atoms with van der Waals surface area (Å²) >= 11 is 2.13. The minimum absolute atomic E-state index is 0.0323. The van der Waals surface area contributed by atoms with Gasteiger partial charge in [-0.2, -0.15) is 0 Å². The fraction of sp³-hybridized carbons (Fsp3) is 0.556. The highest BCUT2D eigenvalue weighted by Gasteiger charge is 2.55. The third kappa shape index (κ3) is 4.36. The summed E-state index contributed by atoms with van der Waals surface area (Å²) in [6, 6.07) is 8.69. The van der Waals surface area contributed by atoms with Gasteiger partial charge >= 0.3 is 11.9 Å². The largest absolute Gasteiger partial charge is 0.459 e. The van der Waals surface area contributed by atoms with Gasteiger partial charge in [-0.05, 0) is 26.0 Å². The Kier molecular flexibility index (Phi) is 5.85. The van der Waals surface area contributed by atoms with Crippen molar-refractivity contribution in [1.82, 2.24) is 0 Å². The Hall–Kier alpha value is -1.23. The summed E-state index contributed by atoms with van der Waals surface area (Å²) in [7, 11) is 0. The summed E-state index contributed by atoms with van der Waals surface area (Å²) in [6.07, 6.45) is -2.18. The lowest BCUT2D eigenvalue weighted by atomic mass is 10.0. The summed E-state index contributed by atoms with van der Waals surface area (Å²) in [5.74, 6) is -1.70. The van der Waals surface area contributed by atoms with E-state index in [0.717, 1.165) is 0 Å². The number of carbonyl (C=O) groups is 2. The van der Waals surface area contributed by atoms with Gasteiger partial charge in [0.25, 0.3) is 0 Å². The van der Waals surface area contributed by atoms with Gasteiger partial charge in [0.05, 0.1) is 5.56 Å². The van der Waals surface area contributed by atoms with E-state index in [2.05, 4.69) is 22.6 Å². The van der Waals surface area contributed by atoms with Crippen LogP contribution in [-0.2, 0) is 28.5 Å². The second-order valence-electron chi connectivity index (χ2n) is 6.63. The molecule has 5 atom stereocenters. The van der Waals surface area contributed by atoms with Crippen molar-refractivity contribution in [3.05, 3.63) is 35.9 Å². The van der Waals surface area contributed by atoms with Crippen LogP contribution < -0.4 is 0 Å². The molecule has 0 N–H and O–H groups in total. The van der Waals surface area contributed by atoms with Crippen molar-refractivity contribution >= 4 is 34.5 Å². The van der Waals surface area contributed by atoms with E-state index in [0.29, 0.717) is 5.56 Å². The summed E-state index contributed by atoms with van der Waals surface area (Å²) < 4.78 is 28.2. The van der Waals surface area contributed by atoms with E-state index in [4.69, 9.17) is 23.7 Å². The standard InChI is InChI=1S/C18H21IO7/c1-10(20)23-17-13(19)15-14(25-18(2,3)26-15)12(24-17)9-22-16(21)11-7-5-4-6-8-11/h4-8,12-15,17H,9H2,1-3H3/t12-,13-,14+,15-,17-/m1/s1. The van der Waals surface area contributed by atoms with Crippen molar-refractivity contribution < 1.29 is 33.3 Å². The van der Waals surface area contributed by atoms with Gasteiger partial charge < -0.3 is 23.7 Å². The van der Waals surface area contributed by atoms with Crippen molar-refractivity contribution in [3.63, 3.8) is 0 Å². The Morgan fingerprint density at radius 2 is 1.81 bits per heavy atom. The molecule has 1 aromatic carbocycles. The SMILES string of the molecule is CC(=O)O[C@@H]1O[C@H](COC(=O)c2ccccc2)[C@@H]2OC(C)(C)O[C@@H]2[C@H]1I. The second kappa shape index (κ2) is 7.79. The van der Waals surface area contributed by atoms with E-state index >= 15 is 0 Å². The third-order valence-corrected chi connectivity index (χ3v) is 5.38. The first-order valence-corrected chi connectivity index (χ1v) is 9.56. The Bertz CT molecular complexity index is 663. The molecule has 0 aliphatic carbocycles. The van der Waals surface area contributed by atoms with E-state index in [1.165, 1.54) is 6.92 Å². The van der Waals surface area contributed by atoms with Gasteiger partial charge in [-0.25, -0.2) is 4.79 Å². The molecule has 1 aromatic rings. The van der Waals surface area contributed by atoms with Gasteiger partial charge in [0, 0.05) is 6.92 Å². The molecule has 0 bridgehead atoms. The van der Waals surface area contributed by atoms with Crippen LogP contribution in [0.25, 0.3) is 0 Å². The molecule has 0 amide bonds. The molecule has 0 radical (unpaired) electrons. The lowest BCUT2D eigenvalue weighted by Gasteiger charge is -2.38. The Balaban J connectivity index is 1.71. The monoisotopic (exact) mass is 476 g/mol. The molecule has 2 saturated heterocycles. The highest BCUT2D eigenvalue weighted by Crippen LogP contribution is 2.40. The van der Waals surface area contributed by atoms with Crippen LogP contribution in [0.3, 0.4) is 0 Å². The zero-order chi connectivity index (χ0) is 18.9. The van der Waals surface area contributed by atoms with E-state index in [1.807, 2.05) is 19.9 Å². The first-order valence-electron chi connectivity index (χ1n) is 8.31. The number of rotatable bonds is 4. The average Bonchev–Trinajstić information content (AvgIpc) is 2.92. The summed E-state index contributed by atoms with van der Waals surface area (Å²) in [5, 5.41) is 0. The lowest BCUT2D eigenvalue weighted by molar-refractivity contribution is -0.228. The number of halogens is 1. The summed E-state index contributed by atoms with van der Waals surface area (Å²) in [5.41, 5.74) is 0.451. The fourth-order valence-corrected chi connectivity index (χ4v) is 3.91. The van der Waals surface area contributed by atoms with Crippen LogP contribution in [0.4, 0.5) is 0 Å². The van der Waals surface area contributed by atoms with Crippen LogP contribution in [-0.4, -0.2) is 52.9 Å². The zero-order valence-corrected chi connectivity index (χ0v) is 16.9. The highest BCUT2D eigenvalue weighted by atomic mass is 127. The topological polar surface area (TPSA) is 80.3 Å². The van der Waals surface area contributed by atoms with Crippen LogP contribution in [0.1, 0.15) is 31.1 Å². The number of esters is 2. The van der Waals surface area contributed by atoms with Crippen LogP contribution in [0, 0.1) is 0 Å². The van der Waals surface area contributed by atoms with E-state index in [-0.39, 0.29) is 16.6 Å². The van der Waals surface area contributed by atoms with Crippen LogP contribution in [0.2, 0.25) is 0 Å². The molecule has 8 heteroatoms. The summed E-state index contributed by atoms with van der Waals surface area (Å²) in [4.78, 5) is 23.6. The molecule has 2 aliphatic heterocycles. The van der Waals surface area contributed by atoms with Gasteiger partial charge in [0.2, 0.25) is 6.29 Å². The van der Waals surface area contributed by atoms with Gasteiger partial charge in [-0.3, -0.25) is 4.79 Å². The molecular weight excluding hydrogens is 455 g/mol. The number of carbonyl (C=O) groups excluding carboxylic acids is 2. The Morgan fingerprint density at radius 1 is 1.15 bits per heavy atom. The van der Waals surface area contributed by atoms with Crippen molar-refractivity contribution in [2.45, 2.75) is 55.1 Å². The minimum atomic E-state index is -0.799. The normalized spacial score (nSPS) is 32.5. The maximum absolute atomic E-state index is 12.2. The fourth-order valence-electron chi connectivity index (χ4n) is 3.04. The van der Waals surface area contributed by atoms with Crippen molar-refractivity contribution in [1.29, 1.82) is 0 Å². The molecule has 2 aliphatic rings. The zero-order valence-electron chi connectivity index (χ0n) is 14.7. The first-order chi connectivity index (χ1) is 12.3. The highest BCUT2D eigenvalue weighted by molar-refractivity contribution is 14.1. The van der Waals surface area contributed by atoms with E-state index < -0.39 is 36.2 Å². The number of alkyl halides is 1. The van der Waals surface area contributed by atoms with Gasteiger partial charge in [-0.1, -0.05) is 40.8 Å². The number of fused-ring (bicyclic) bond motifs is 1. The maximum Gasteiger partial charge on any atom is 0.338 e. The number of hydrogen-bond acceptors (Lipinski definition) is 7. The molecule has 3 rings (SSSR count). The molecule has 142 valence electrons. The molecule has 26 heavy (non-hydrogen) atoms. The molecule has 2 fully saturated rings. The average molecular weight is 476 g/mol. The first kappa shape index (κ1) is 19.5. The van der Waals surface area contributed by atoms with Crippen molar-refractivity contribution in [3.8, 4) is 0 Å².